The van der Waals surface area contributed by atoms with Crippen LogP contribution in [0.4, 0.5) is 0 Å². The third-order valence-corrected chi connectivity index (χ3v) is 3.00. The number of aromatic amines is 1. The summed E-state index contributed by atoms with van der Waals surface area (Å²) in [5.41, 5.74) is 1.10. The van der Waals surface area contributed by atoms with Crippen LogP contribution in [-0.4, -0.2) is 32.8 Å². The lowest BCUT2D eigenvalue weighted by atomic mass is 10.3. The van der Waals surface area contributed by atoms with Gasteiger partial charge in [0.05, 0.1) is 5.69 Å². The number of H-pyrrole nitrogens is 1. The minimum Gasteiger partial charge on any atom is -0.314 e. The maximum Gasteiger partial charge on any atom is 0.184 e. The molecule has 0 aromatic carbocycles. The molecule has 0 aliphatic heterocycles. The second-order valence-corrected chi connectivity index (χ2v) is 4.70. The van der Waals surface area contributed by atoms with E-state index >= 15 is 0 Å². The average Bonchev–Trinajstić information content (AvgIpc) is 2.85. The molecule has 0 aliphatic rings. The van der Waals surface area contributed by atoms with E-state index in [-0.39, 0.29) is 0 Å². The maximum absolute atomic E-state index is 4.49. The molecular weight excluding hydrogens is 222 g/mol. The van der Waals surface area contributed by atoms with E-state index in [1.54, 1.807) is 11.3 Å². The van der Waals surface area contributed by atoms with Gasteiger partial charge < -0.3 is 5.32 Å². The van der Waals surface area contributed by atoms with Gasteiger partial charge in [0, 0.05) is 24.4 Å². The first-order valence-electron chi connectivity index (χ1n) is 5.29. The van der Waals surface area contributed by atoms with Crippen molar-refractivity contribution in [2.45, 2.75) is 26.3 Å². The van der Waals surface area contributed by atoms with Gasteiger partial charge >= 0.3 is 0 Å². The van der Waals surface area contributed by atoms with E-state index in [2.05, 4.69) is 44.7 Å². The van der Waals surface area contributed by atoms with Gasteiger partial charge in [-0.25, -0.2) is 9.97 Å². The molecule has 86 valence electrons. The minimum atomic E-state index is 0.521. The van der Waals surface area contributed by atoms with Crippen molar-refractivity contribution in [3.8, 4) is 10.8 Å². The van der Waals surface area contributed by atoms with Gasteiger partial charge in [0.1, 0.15) is 6.33 Å². The maximum atomic E-state index is 4.49. The molecule has 5 nitrogen and oxygen atoms in total. The quantitative estimate of drug-likeness (QED) is 0.826. The van der Waals surface area contributed by atoms with Crippen molar-refractivity contribution in [1.82, 2.24) is 25.5 Å². The Labute approximate surface area is 98.3 Å². The topological polar surface area (TPSA) is 66.5 Å². The Morgan fingerprint density at radius 3 is 3.06 bits per heavy atom. The average molecular weight is 237 g/mol. The van der Waals surface area contributed by atoms with Crippen molar-refractivity contribution in [2.75, 3.05) is 6.54 Å². The Kier molecular flexibility index (Phi) is 3.63. The van der Waals surface area contributed by atoms with Crippen molar-refractivity contribution in [3.05, 3.63) is 17.4 Å². The van der Waals surface area contributed by atoms with Crippen LogP contribution in [0.2, 0.25) is 0 Å². The van der Waals surface area contributed by atoms with Gasteiger partial charge in [0.25, 0.3) is 0 Å². The van der Waals surface area contributed by atoms with Gasteiger partial charge in [0.15, 0.2) is 10.8 Å². The first-order valence-corrected chi connectivity index (χ1v) is 6.17. The molecule has 0 radical (unpaired) electrons. The lowest BCUT2D eigenvalue weighted by Crippen LogP contribution is -2.24. The van der Waals surface area contributed by atoms with Crippen molar-refractivity contribution in [3.63, 3.8) is 0 Å². The standard InChI is InChI=1S/C10H15N5S/c1-7(2)11-4-3-8-5-16-10(14-8)9-12-6-13-15-9/h5-7,11H,3-4H2,1-2H3,(H,12,13,15). The van der Waals surface area contributed by atoms with Crippen LogP contribution in [0.25, 0.3) is 10.8 Å². The highest BCUT2D eigenvalue weighted by molar-refractivity contribution is 7.13. The van der Waals surface area contributed by atoms with Crippen LogP contribution in [0.15, 0.2) is 11.7 Å². The van der Waals surface area contributed by atoms with E-state index in [0.29, 0.717) is 6.04 Å². The van der Waals surface area contributed by atoms with Crippen LogP contribution in [0.3, 0.4) is 0 Å². The smallest absolute Gasteiger partial charge is 0.184 e. The van der Waals surface area contributed by atoms with Crippen LogP contribution in [0.5, 0.6) is 0 Å². The monoisotopic (exact) mass is 237 g/mol. The number of rotatable bonds is 5. The summed E-state index contributed by atoms with van der Waals surface area (Å²) in [6.45, 7) is 5.24. The highest BCUT2D eigenvalue weighted by atomic mass is 32.1. The molecule has 0 fully saturated rings. The third kappa shape index (κ3) is 2.86. The van der Waals surface area contributed by atoms with Crippen LogP contribution in [0, 0.1) is 0 Å². The van der Waals surface area contributed by atoms with Gasteiger partial charge in [-0.2, -0.15) is 5.10 Å². The fraction of sp³-hybridized carbons (Fsp3) is 0.500. The van der Waals surface area contributed by atoms with Crippen LogP contribution < -0.4 is 5.32 Å². The number of hydrogen-bond acceptors (Lipinski definition) is 5. The number of nitrogens with zero attached hydrogens (tertiary/aromatic N) is 3. The number of hydrogen-bond donors (Lipinski definition) is 2. The Bertz CT molecular complexity index is 420. The number of nitrogens with one attached hydrogen (secondary N) is 2. The van der Waals surface area contributed by atoms with Crippen molar-refractivity contribution in [1.29, 1.82) is 0 Å². The molecular formula is C10H15N5S. The van der Waals surface area contributed by atoms with E-state index < -0.39 is 0 Å². The molecule has 0 saturated carbocycles. The lowest BCUT2D eigenvalue weighted by molar-refractivity contribution is 0.588. The molecule has 2 aromatic heterocycles. The largest absolute Gasteiger partial charge is 0.314 e. The van der Waals surface area contributed by atoms with E-state index in [0.717, 1.165) is 29.5 Å². The lowest BCUT2D eigenvalue weighted by Gasteiger charge is -2.05. The summed E-state index contributed by atoms with van der Waals surface area (Å²) in [7, 11) is 0. The second kappa shape index (κ2) is 5.18. The van der Waals surface area contributed by atoms with Crippen LogP contribution >= 0.6 is 11.3 Å². The van der Waals surface area contributed by atoms with Gasteiger partial charge in [-0.3, -0.25) is 5.10 Å². The van der Waals surface area contributed by atoms with Crippen molar-refractivity contribution >= 4 is 11.3 Å². The Balaban J connectivity index is 1.93. The van der Waals surface area contributed by atoms with E-state index in [4.69, 9.17) is 0 Å². The molecule has 2 heterocycles. The van der Waals surface area contributed by atoms with Crippen LogP contribution in [0.1, 0.15) is 19.5 Å². The molecule has 0 bridgehead atoms. The zero-order chi connectivity index (χ0) is 11.4. The SMILES string of the molecule is CC(C)NCCc1csc(-c2ncn[nH]2)n1. The van der Waals surface area contributed by atoms with Gasteiger partial charge in [-0.05, 0) is 0 Å². The van der Waals surface area contributed by atoms with Gasteiger partial charge in [-0.15, -0.1) is 11.3 Å². The van der Waals surface area contributed by atoms with Crippen molar-refractivity contribution < 1.29 is 0 Å². The fourth-order valence-corrected chi connectivity index (χ4v) is 2.13. The molecule has 2 rings (SSSR count). The predicted molar refractivity (Wildman–Crippen MR) is 64.3 cm³/mol. The molecule has 0 spiro atoms. The minimum absolute atomic E-state index is 0.521. The normalized spacial score (nSPS) is 11.2. The van der Waals surface area contributed by atoms with E-state index in [9.17, 15) is 0 Å². The second-order valence-electron chi connectivity index (χ2n) is 3.84. The molecule has 0 atom stereocenters. The highest BCUT2D eigenvalue weighted by Crippen LogP contribution is 2.19. The molecule has 0 amide bonds. The summed E-state index contributed by atoms with van der Waals surface area (Å²) in [5, 5.41) is 13.0. The molecule has 2 N–H and O–H groups in total. The zero-order valence-corrected chi connectivity index (χ0v) is 10.2. The highest BCUT2D eigenvalue weighted by Gasteiger charge is 2.06. The number of aromatic nitrogens is 4. The zero-order valence-electron chi connectivity index (χ0n) is 9.40. The summed E-state index contributed by atoms with van der Waals surface area (Å²) >= 11 is 1.59. The summed E-state index contributed by atoms with van der Waals surface area (Å²) < 4.78 is 0. The first-order chi connectivity index (χ1) is 7.75. The first kappa shape index (κ1) is 11.2. The third-order valence-electron chi connectivity index (χ3n) is 2.10. The summed E-state index contributed by atoms with van der Waals surface area (Å²) in [5.74, 6) is 0.744. The summed E-state index contributed by atoms with van der Waals surface area (Å²) in [4.78, 5) is 8.57. The van der Waals surface area contributed by atoms with Gasteiger partial charge in [0.2, 0.25) is 0 Å². The van der Waals surface area contributed by atoms with Gasteiger partial charge in [-0.1, -0.05) is 13.8 Å². The summed E-state index contributed by atoms with van der Waals surface area (Å²) in [6, 6.07) is 0.521. The molecule has 0 unspecified atom stereocenters. The van der Waals surface area contributed by atoms with Crippen LogP contribution in [-0.2, 0) is 6.42 Å². The molecule has 2 aromatic rings. The Morgan fingerprint density at radius 1 is 1.50 bits per heavy atom. The Hall–Kier alpha value is -1.27. The molecule has 0 saturated heterocycles. The summed E-state index contributed by atoms with van der Waals surface area (Å²) in [6.07, 6.45) is 2.44. The van der Waals surface area contributed by atoms with Crippen molar-refractivity contribution in [2.24, 2.45) is 0 Å². The Morgan fingerprint density at radius 2 is 2.38 bits per heavy atom. The molecule has 6 heteroatoms. The fourth-order valence-electron chi connectivity index (χ4n) is 1.33. The van der Waals surface area contributed by atoms with E-state index in [1.165, 1.54) is 6.33 Å². The van der Waals surface area contributed by atoms with E-state index in [1.807, 2.05) is 0 Å². The molecule has 16 heavy (non-hydrogen) atoms. The molecule has 0 aliphatic carbocycles. The number of thiazole rings is 1. The predicted octanol–water partition coefficient (Wildman–Crippen LogP) is 1.47.